The summed E-state index contributed by atoms with van der Waals surface area (Å²) in [5.41, 5.74) is 1.21. The zero-order valence-electron chi connectivity index (χ0n) is 12.2. The smallest absolute Gasteiger partial charge is 0.214 e. The van der Waals surface area contributed by atoms with E-state index < -0.39 is 10.8 Å². The van der Waals surface area contributed by atoms with E-state index in [-0.39, 0.29) is 18.0 Å². The molecule has 0 saturated heterocycles. The van der Waals surface area contributed by atoms with Gasteiger partial charge in [-0.2, -0.15) is 0 Å². The summed E-state index contributed by atoms with van der Waals surface area (Å²) in [5.74, 6) is -0.562. The maximum absolute atomic E-state index is 11.1. The van der Waals surface area contributed by atoms with Crippen molar-refractivity contribution < 1.29 is 15.1 Å². The van der Waals surface area contributed by atoms with Crippen LogP contribution in [0.4, 0.5) is 0 Å². The second kappa shape index (κ2) is 5.96. The molecule has 0 aliphatic rings. The number of rotatable bonds is 4. The molecule has 0 amide bonds. The van der Waals surface area contributed by atoms with Crippen LogP contribution in [-0.4, -0.2) is 21.7 Å². The third-order valence-electron chi connectivity index (χ3n) is 3.91. The molecule has 1 atom stereocenters. The Hall–Kier alpha value is -3.08. The molecule has 5 nitrogen and oxygen atoms in total. The van der Waals surface area contributed by atoms with Crippen molar-refractivity contribution in [2.45, 2.75) is 5.92 Å². The van der Waals surface area contributed by atoms with Crippen molar-refractivity contribution in [2.75, 3.05) is 6.54 Å². The van der Waals surface area contributed by atoms with Crippen molar-refractivity contribution in [1.82, 2.24) is 0 Å². The van der Waals surface area contributed by atoms with E-state index in [1.165, 1.54) is 12.1 Å². The molecule has 0 aromatic heterocycles. The first-order valence-electron chi connectivity index (χ1n) is 7.17. The fourth-order valence-electron chi connectivity index (χ4n) is 2.88. The van der Waals surface area contributed by atoms with Gasteiger partial charge in [-0.1, -0.05) is 42.5 Å². The van der Waals surface area contributed by atoms with Crippen LogP contribution in [0.25, 0.3) is 10.8 Å². The Morgan fingerprint density at radius 1 is 1.00 bits per heavy atom. The van der Waals surface area contributed by atoms with Crippen LogP contribution in [0.3, 0.4) is 0 Å². The van der Waals surface area contributed by atoms with Crippen LogP contribution >= 0.6 is 0 Å². The lowest BCUT2D eigenvalue weighted by atomic mass is 9.87. The van der Waals surface area contributed by atoms with Crippen molar-refractivity contribution in [3.8, 4) is 11.5 Å². The molecule has 1 unspecified atom stereocenters. The van der Waals surface area contributed by atoms with Gasteiger partial charge in [0.15, 0.2) is 0 Å². The molecule has 3 rings (SSSR count). The van der Waals surface area contributed by atoms with E-state index in [0.717, 1.165) is 10.9 Å². The molecule has 3 aromatic carbocycles. The van der Waals surface area contributed by atoms with E-state index >= 15 is 0 Å². The van der Waals surface area contributed by atoms with Gasteiger partial charge in [0.05, 0.1) is 5.92 Å². The van der Waals surface area contributed by atoms with Gasteiger partial charge in [0.25, 0.3) is 0 Å². The maximum atomic E-state index is 11.1. The lowest BCUT2D eigenvalue weighted by molar-refractivity contribution is -0.481. The number of nitro groups is 1. The second-order valence-corrected chi connectivity index (χ2v) is 5.38. The van der Waals surface area contributed by atoms with Gasteiger partial charge in [-0.3, -0.25) is 10.1 Å². The summed E-state index contributed by atoms with van der Waals surface area (Å²) in [5, 5.41) is 32.7. The fraction of sp³-hybridized carbons (Fsp3) is 0.111. The van der Waals surface area contributed by atoms with Crippen molar-refractivity contribution >= 4 is 10.8 Å². The average molecular weight is 309 g/mol. The highest BCUT2D eigenvalue weighted by molar-refractivity contribution is 5.89. The van der Waals surface area contributed by atoms with Crippen molar-refractivity contribution in [2.24, 2.45) is 0 Å². The molecular formula is C18H15NO4. The summed E-state index contributed by atoms with van der Waals surface area (Å²) in [7, 11) is 0. The quantitative estimate of drug-likeness (QED) is 0.569. The van der Waals surface area contributed by atoms with Gasteiger partial charge in [-0.15, -0.1) is 0 Å². The van der Waals surface area contributed by atoms with Gasteiger partial charge >= 0.3 is 0 Å². The predicted octanol–water partition coefficient (Wildman–Crippen LogP) is 3.66. The largest absolute Gasteiger partial charge is 0.508 e. The van der Waals surface area contributed by atoms with Crippen molar-refractivity contribution in [3.63, 3.8) is 0 Å². The summed E-state index contributed by atoms with van der Waals surface area (Å²) in [4.78, 5) is 10.8. The fourth-order valence-corrected chi connectivity index (χ4v) is 2.88. The van der Waals surface area contributed by atoms with E-state index in [9.17, 15) is 20.3 Å². The molecule has 23 heavy (non-hydrogen) atoms. The molecule has 0 aliphatic heterocycles. The van der Waals surface area contributed by atoms with Crippen LogP contribution in [0.2, 0.25) is 0 Å². The number of hydrogen-bond acceptors (Lipinski definition) is 4. The maximum Gasteiger partial charge on any atom is 0.214 e. The van der Waals surface area contributed by atoms with E-state index in [1.54, 1.807) is 30.3 Å². The molecule has 5 heteroatoms. The minimum Gasteiger partial charge on any atom is -0.508 e. The zero-order chi connectivity index (χ0) is 16.4. The molecule has 0 radical (unpaired) electrons. The van der Waals surface area contributed by atoms with Gasteiger partial charge in [-0.25, -0.2) is 0 Å². The van der Waals surface area contributed by atoms with E-state index in [4.69, 9.17) is 0 Å². The van der Waals surface area contributed by atoms with Gasteiger partial charge in [0.2, 0.25) is 6.54 Å². The summed E-state index contributed by atoms with van der Waals surface area (Å²) in [6.07, 6.45) is 0. The Morgan fingerprint density at radius 3 is 2.39 bits per heavy atom. The van der Waals surface area contributed by atoms with Gasteiger partial charge in [0, 0.05) is 10.5 Å². The second-order valence-electron chi connectivity index (χ2n) is 5.38. The number of phenols is 2. The monoisotopic (exact) mass is 309 g/mol. The van der Waals surface area contributed by atoms with Crippen LogP contribution in [0.1, 0.15) is 17.0 Å². The Balaban J connectivity index is 2.27. The minimum atomic E-state index is -0.600. The van der Waals surface area contributed by atoms with E-state index in [0.29, 0.717) is 10.9 Å². The number of nitrogens with zero attached hydrogens (tertiary/aromatic N) is 1. The molecule has 0 spiro atoms. The SMILES string of the molecule is O=[N+]([O-])CC(c1ccccc1)c1c(O)ccc2ccc(O)cc12. The lowest BCUT2D eigenvalue weighted by Crippen LogP contribution is -2.14. The number of hydrogen-bond donors (Lipinski definition) is 2. The van der Waals surface area contributed by atoms with Crippen LogP contribution < -0.4 is 0 Å². The van der Waals surface area contributed by atoms with Gasteiger partial charge in [0.1, 0.15) is 11.5 Å². The molecule has 116 valence electrons. The molecule has 0 fully saturated rings. The number of fused-ring (bicyclic) bond motifs is 1. The standard InChI is InChI=1S/C18H15NO4/c20-14-8-6-13-7-9-17(21)18(15(13)10-14)16(11-19(22)23)12-4-2-1-3-5-12/h1-10,16,20-21H,11H2. The third kappa shape index (κ3) is 2.94. The third-order valence-corrected chi connectivity index (χ3v) is 3.91. The number of benzene rings is 3. The van der Waals surface area contributed by atoms with E-state index in [2.05, 4.69) is 0 Å². The Bertz CT molecular complexity index is 856. The average Bonchev–Trinajstić information content (AvgIpc) is 2.53. The van der Waals surface area contributed by atoms with Crippen LogP contribution in [0.15, 0.2) is 60.7 Å². The highest BCUT2D eigenvalue weighted by Crippen LogP contribution is 2.38. The predicted molar refractivity (Wildman–Crippen MR) is 87.4 cm³/mol. The summed E-state index contributed by atoms with van der Waals surface area (Å²) in [6, 6.07) is 17.1. The summed E-state index contributed by atoms with van der Waals surface area (Å²) in [6.45, 7) is -0.341. The van der Waals surface area contributed by atoms with Crippen LogP contribution in [-0.2, 0) is 0 Å². The van der Waals surface area contributed by atoms with Crippen LogP contribution in [0.5, 0.6) is 11.5 Å². The molecule has 0 saturated carbocycles. The Labute approximate surface area is 132 Å². The Kier molecular flexibility index (Phi) is 3.85. The number of aromatic hydroxyl groups is 2. The van der Waals surface area contributed by atoms with Crippen molar-refractivity contribution in [1.29, 1.82) is 0 Å². The molecule has 2 N–H and O–H groups in total. The minimum absolute atomic E-state index is 0.0150. The topological polar surface area (TPSA) is 83.6 Å². The normalized spacial score (nSPS) is 12.2. The highest BCUT2D eigenvalue weighted by Gasteiger charge is 2.25. The van der Waals surface area contributed by atoms with Gasteiger partial charge in [-0.05, 0) is 34.5 Å². The molecule has 0 aliphatic carbocycles. The molecule has 3 aromatic rings. The van der Waals surface area contributed by atoms with Crippen molar-refractivity contribution in [3.05, 3.63) is 81.9 Å². The van der Waals surface area contributed by atoms with Gasteiger partial charge < -0.3 is 10.2 Å². The first kappa shape index (κ1) is 14.8. The number of phenolic OH excluding ortho intramolecular Hbond substituents is 2. The lowest BCUT2D eigenvalue weighted by Gasteiger charge is -2.18. The summed E-state index contributed by atoms with van der Waals surface area (Å²) < 4.78 is 0. The first-order chi connectivity index (χ1) is 11.1. The molecular weight excluding hydrogens is 294 g/mol. The highest BCUT2D eigenvalue weighted by atomic mass is 16.6. The molecule has 0 bridgehead atoms. The Morgan fingerprint density at radius 2 is 1.70 bits per heavy atom. The van der Waals surface area contributed by atoms with E-state index in [1.807, 2.05) is 18.2 Å². The molecule has 0 heterocycles. The first-order valence-corrected chi connectivity index (χ1v) is 7.17. The summed E-state index contributed by atoms with van der Waals surface area (Å²) >= 11 is 0. The van der Waals surface area contributed by atoms with Crippen LogP contribution in [0, 0.1) is 10.1 Å². The zero-order valence-corrected chi connectivity index (χ0v) is 12.2.